The van der Waals surface area contributed by atoms with Crippen LogP contribution in [0, 0.1) is 11.8 Å². The molecule has 0 aliphatic heterocycles. The summed E-state index contributed by atoms with van der Waals surface area (Å²) in [6.07, 6.45) is 5.51. The van der Waals surface area contributed by atoms with E-state index < -0.39 is 0 Å². The third-order valence-corrected chi connectivity index (χ3v) is 3.30. The van der Waals surface area contributed by atoms with Crippen molar-refractivity contribution >= 4 is 34.5 Å². The first-order valence-electron chi connectivity index (χ1n) is 8.28. The van der Waals surface area contributed by atoms with E-state index >= 15 is 0 Å². The lowest BCUT2D eigenvalue weighted by atomic mass is 10.1. The zero-order chi connectivity index (χ0) is 18.3. The second-order valence-electron chi connectivity index (χ2n) is 6.60. The molecule has 0 saturated heterocycles. The summed E-state index contributed by atoms with van der Waals surface area (Å²) in [6.45, 7) is 16.8. The number of nitrogens with zero attached hydrogens (tertiary/aromatic N) is 3. The molecule has 0 spiro atoms. The van der Waals surface area contributed by atoms with Gasteiger partial charge in [-0.05, 0) is 37.0 Å². The van der Waals surface area contributed by atoms with E-state index in [9.17, 15) is 0 Å². The predicted molar refractivity (Wildman–Crippen MR) is 108 cm³/mol. The number of aromatic nitrogens is 2. The summed E-state index contributed by atoms with van der Waals surface area (Å²) in [6, 6.07) is 5.60. The first-order chi connectivity index (χ1) is 11.3. The largest absolute Gasteiger partial charge is 0.298 e. The van der Waals surface area contributed by atoms with Crippen LogP contribution in [0.2, 0.25) is 5.02 Å². The number of hydrogen-bond acceptors (Lipinski definition) is 2. The molecule has 1 aromatic heterocycles. The molecular weight excluding hydrogens is 318 g/mol. The molecule has 0 aliphatic rings. The number of allylic oxidation sites excluding steroid dienone is 3. The molecule has 0 fully saturated rings. The number of halogens is 1. The molecule has 2 aromatic rings. The molecule has 0 aliphatic carbocycles. The molecule has 1 aromatic carbocycles. The van der Waals surface area contributed by atoms with Gasteiger partial charge in [-0.2, -0.15) is 0 Å². The maximum absolute atomic E-state index is 6.03. The van der Waals surface area contributed by atoms with Gasteiger partial charge in [0.25, 0.3) is 0 Å². The van der Waals surface area contributed by atoms with Gasteiger partial charge < -0.3 is 0 Å². The Hall–Kier alpha value is -1.87. The Labute approximate surface area is 150 Å². The van der Waals surface area contributed by atoms with Crippen molar-refractivity contribution in [3.05, 3.63) is 47.9 Å². The van der Waals surface area contributed by atoms with Gasteiger partial charge in [0.2, 0.25) is 0 Å². The van der Waals surface area contributed by atoms with E-state index in [1.165, 1.54) is 0 Å². The monoisotopic (exact) mass is 345 g/mol. The molecule has 0 N–H and O–H groups in total. The fraction of sp³-hybridized carbons (Fsp3) is 0.400. The van der Waals surface area contributed by atoms with Gasteiger partial charge >= 0.3 is 0 Å². The molecule has 0 saturated carbocycles. The summed E-state index contributed by atoms with van der Waals surface area (Å²) in [5.41, 5.74) is 3.61. The van der Waals surface area contributed by atoms with Crippen molar-refractivity contribution in [1.82, 2.24) is 9.55 Å². The second kappa shape index (κ2) is 9.43. The van der Waals surface area contributed by atoms with Crippen LogP contribution in [0.1, 0.15) is 41.5 Å². The highest BCUT2D eigenvalue weighted by atomic mass is 35.5. The first-order valence-corrected chi connectivity index (χ1v) is 8.66. The van der Waals surface area contributed by atoms with E-state index in [-0.39, 0.29) is 0 Å². The topological polar surface area (TPSA) is 30.2 Å². The third kappa shape index (κ3) is 5.97. The summed E-state index contributed by atoms with van der Waals surface area (Å²) in [5.74, 6) is 1.22. The van der Waals surface area contributed by atoms with Crippen molar-refractivity contribution < 1.29 is 0 Å². The van der Waals surface area contributed by atoms with Crippen molar-refractivity contribution in [2.45, 2.75) is 41.5 Å². The highest BCUT2D eigenvalue weighted by molar-refractivity contribution is 6.31. The molecule has 24 heavy (non-hydrogen) atoms. The SMILES string of the molecule is C=C(C=N/C(=C\C)C(C)C)n1cnc2ccc(Cl)cc21.CC(C)C. The zero-order valence-corrected chi connectivity index (χ0v) is 16.3. The molecular formula is C20H28ClN3. The second-order valence-corrected chi connectivity index (χ2v) is 7.03. The minimum Gasteiger partial charge on any atom is -0.298 e. The Morgan fingerprint density at radius 1 is 1.25 bits per heavy atom. The van der Waals surface area contributed by atoms with E-state index in [1.54, 1.807) is 12.5 Å². The van der Waals surface area contributed by atoms with E-state index in [4.69, 9.17) is 11.6 Å². The molecule has 3 nitrogen and oxygen atoms in total. The minimum atomic E-state index is 0.387. The van der Waals surface area contributed by atoms with Gasteiger partial charge in [-0.25, -0.2) is 4.98 Å². The van der Waals surface area contributed by atoms with Crippen LogP contribution in [0.15, 0.2) is 47.9 Å². The van der Waals surface area contributed by atoms with Gasteiger partial charge in [0.05, 0.1) is 22.9 Å². The summed E-state index contributed by atoms with van der Waals surface area (Å²) < 4.78 is 1.89. The number of rotatable bonds is 4. The van der Waals surface area contributed by atoms with Crippen LogP contribution in [0.25, 0.3) is 16.7 Å². The Morgan fingerprint density at radius 3 is 2.42 bits per heavy atom. The average Bonchev–Trinajstić information content (AvgIpc) is 2.89. The molecule has 0 bridgehead atoms. The van der Waals surface area contributed by atoms with Crippen LogP contribution in [0.3, 0.4) is 0 Å². The molecule has 1 heterocycles. The van der Waals surface area contributed by atoms with Gasteiger partial charge in [0, 0.05) is 10.7 Å². The normalized spacial score (nSPS) is 12.1. The Balaban J connectivity index is 0.000000648. The standard InChI is InChI=1S/C16H18ClN3.C4H10/c1-5-14(11(2)3)18-9-12(4)20-10-19-15-7-6-13(17)8-16(15)20;1-4(2)3/h5-11H,4H2,1-3H3;4H,1-3H3/b14-5-,18-9?;. The van der Waals surface area contributed by atoms with E-state index in [0.29, 0.717) is 10.9 Å². The van der Waals surface area contributed by atoms with Crippen LogP contribution in [-0.2, 0) is 0 Å². The molecule has 0 unspecified atom stereocenters. The predicted octanol–water partition coefficient (Wildman–Crippen LogP) is 6.45. The van der Waals surface area contributed by atoms with Crippen LogP contribution in [0.4, 0.5) is 0 Å². The van der Waals surface area contributed by atoms with Crippen molar-refractivity contribution in [3.8, 4) is 0 Å². The number of benzene rings is 1. The maximum atomic E-state index is 6.03. The van der Waals surface area contributed by atoms with Crippen molar-refractivity contribution in [1.29, 1.82) is 0 Å². The van der Waals surface area contributed by atoms with Crippen molar-refractivity contribution in [3.63, 3.8) is 0 Å². The Bertz CT molecular complexity index is 734. The lowest BCUT2D eigenvalue weighted by molar-refractivity contribution is 0.737. The summed E-state index contributed by atoms with van der Waals surface area (Å²) in [7, 11) is 0. The summed E-state index contributed by atoms with van der Waals surface area (Å²) in [5, 5.41) is 0.681. The summed E-state index contributed by atoms with van der Waals surface area (Å²) >= 11 is 6.03. The maximum Gasteiger partial charge on any atom is 0.100 e. The van der Waals surface area contributed by atoms with Crippen LogP contribution >= 0.6 is 11.6 Å². The quantitative estimate of drug-likeness (QED) is 0.585. The van der Waals surface area contributed by atoms with Crippen LogP contribution in [-0.4, -0.2) is 15.8 Å². The smallest absolute Gasteiger partial charge is 0.100 e. The lowest BCUT2D eigenvalue weighted by Gasteiger charge is -2.06. The van der Waals surface area contributed by atoms with Gasteiger partial charge in [0.1, 0.15) is 6.33 Å². The highest BCUT2D eigenvalue weighted by Crippen LogP contribution is 2.20. The number of imidazole rings is 1. The third-order valence-electron chi connectivity index (χ3n) is 3.07. The summed E-state index contributed by atoms with van der Waals surface area (Å²) in [4.78, 5) is 8.81. The molecule has 2 rings (SSSR count). The molecule has 0 atom stereocenters. The van der Waals surface area contributed by atoms with Gasteiger partial charge in [0.15, 0.2) is 0 Å². The average molecular weight is 346 g/mol. The molecule has 0 radical (unpaired) electrons. The van der Waals surface area contributed by atoms with Crippen LogP contribution < -0.4 is 0 Å². The number of fused-ring (bicyclic) bond motifs is 1. The lowest BCUT2D eigenvalue weighted by Crippen LogP contribution is -1.97. The van der Waals surface area contributed by atoms with Crippen molar-refractivity contribution in [2.75, 3.05) is 0 Å². The molecule has 0 amide bonds. The van der Waals surface area contributed by atoms with Crippen LogP contribution in [0.5, 0.6) is 0 Å². The minimum absolute atomic E-state index is 0.387. The molecule has 130 valence electrons. The Kier molecular flexibility index (Phi) is 7.93. The van der Waals surface area contributed by atoms with E-state index in [2.05, 4.69) is 51.2 Å². The number of hydrogen-bond donors (Lipinski definition) is 0. The fourth-order valence-electron chi connectivity index (χ4n) is 1.98. The van der Waals surface area contributed by atoms with E-state index in [1.807, 2.05) is 35.8 Å². The zero-order valence-electron chi connectivity index (χ0n) is 15.5. The van der Waals surface area contributed by atoms with Gasteiger partial charge in [-0.1, -0.05) is 58.9 Å². The van der Waals surface area contributed by atoms with Gasteiger partial charge in [-0.3, -0.25) is 9.56 Å². The van der Waals surface area contributed by atoms with Gasteiger partial charge in [-0.15, -0.1) is 0 Å². The fourth-order valence-corrected chi connectivity index (χ4v) is 2.14. The van der Waals surface area contributed by atoms with Crippen molar-refractivity contribution in [2.24, 2.45) is 16.8 Å². The highest BCUT2D eigenvalue weighted by Gasteiger charge is 2.05. The first kappa shape index (κ1) is 20.2. The van der Waals surface area contributed by atoms with E-state index in [0.717, 1.165) is 28.3 Å². The Morgan fingerprint density at radius 2 is 1.88 bits per heavy atom. The molecule has 4 heteroatoms. The number of aliphatic imine (C=N–C) groups is 1.